The van der Waals surface area contributed by atoms with Crippen LogP contribution < -0.4 is 5.32 Å². The average molecular weight is 289 g/mol. The fraction of sp³-hybridized carbons (Fsp3) is 0.333. The number of hydrogen-bond donors (Lipinski definition) is 1. The van der Waals surface area contributed by atoms with Crippen molar-refractivity contribution in [2.24, 2.45) is 0 Å². The van der Waals surface area contributed by atoms with Gasteiger partial charge in [-0.3, -0.25) is 0 Å². The van der Waals surface area contributed by atoms with Crippen molar-refractivity contribution >= 4 is 5.57 Å². The van der Waals surface area contributed by atoms with E-state index >= 15 is 0 Å². The quantitative estimate of drug-likeness (QED) is 0.764. The highest BCUT2D eigenvalue weighted by atomic mass is 19.3. The zero-order valence-electron chi connectivity index (χ0n) is 12.5. The highest BCUT2D eigenvalue weighted by Gasteiger charge is 2.18. The van der Waals surface area contributed by atoms with Crippen LogP contribution in [-0.4, -0.2) is 6.43 Å². The first kappa shape index (κ1) is 15.6. The van der Waals surface area contributed by atoms with Gasteiger partial charge in [0.25, 0.3) is 6.43 Å². The van der Waals surface area contributed by atoms with Crippen molar-refractivity contribution in [2.75, 3.05) is 0 Å². The summed E-state index contributed by atoms with van der Waals surface area (Å²) in [7, 11) is 0. The van der Waals surface area contributed by atoms with Gasteiger partial charge in [0, 0.05) is 18.7 Å². The van der Waals surface area contributed by atoms with E-state index in [9.17, 15) is 8.78 Å². The third-order valence-electron chi connectivity index (χ3n) is 3.57. The Kier molecular flexibility index (Phi) is 5.45. The Morgan fingerprint density at radius 3 is 2.71 bits per heavy atom. The van der Waals surface area contributed by atoms with Crippen LogP contribution in [0.15, 0.2) is 48.1 Å². The number of alkyl halides is 2. The maximum Gasteiger partial charge on any atom is 0.264 e. The van der Waals surface area contributed by atoms with Crippen molar-refractivity contribution in [3.05, 3.63) is 64.8 Å². The monoisotopic (exact) mass is 289 g/mol. The highest BCUT2D eigenvalue weighted by molar-refractivity contribution is 5.81. The molecular weight excluding hydrogens is 268 g/mol. The smallest absolute Gasteiger partial charge is 0.264 e. The number of benzene rings is 1. The summed E-state index contributed by atoms with van der Waals surface area (Å²) in [5, 5.41) is 3.28. The molecule has 1 heterocycles. The van der Waals surface area contributed by atoms with Crippen molar-refractivity contribution in [2.45, 2.75) is 39.8 Å². The molecule has 0 amide bonds. The Hall–Kier alpha value is -1.74. The van der Waals surface area contributed by atoms with Gasteiger partial charge in [0.2, 0.25) is 0 Å². The van der Waals surface area contributed by atoms with Crippen molar-refractivity contribution in [1.29, 1.82) is 0 Å². The van der Waals surface area contributed by atoms with Crippen LogP contribution in [0.2, 0.25) is 0 Å². The average Bonchev–Trinajstić information content (AvgIpc) is 2.93. The minimum absolute atomic E-state index is 0.113. The zero-order valence-corrected chi connectivity index (χ0v) is 12.5. The fourth-order valence-corrected chi connectivity index (χ4v) is 2.55. The van der Waals surface area contributed by atoms with Gasteiger partial charge in [-0.25, -0.2) is 8.78 Å². The molecule has 1 aromatic rings. The topological polar surface area (TPSA) is 12.0 Å². The molecule has 1 aliphatic rings. The second-order valence-electron chi connectivity index (χ2n) is 5.06. The second kappa shape index (κ2) is 7.32. The minimum Gasteiger partial charge on any atom is -0.309 e. The fourth-order valence-electron chi connectivity index (χ4n) is 2.55. The highest BCUT2D eigenvalue weighted by Crippen LogP contribution is 2.30. The van der Waals surface area contributed by atoms with Crippen molar-refractivity contribution in [1.82, 2.24) is 5.32 Å². The van der Waals surface area contributed by atoms with E-state index in [0.717, 1.165) is 18.7 Å². The molecule has 0 aromatic heterocycles. The molecule has 1 aromatic carbocycles. The van der Waals surface area contributed by atoms with Crippen LogP contribution >= 0.6 is 0 Å². The van der Waals surface area contributed by atoms with Gasteiger partial charge in [0.1, 0.15) is 0 Å². The molecule has 0 bridgehead atoms. The Labute approximate surface area is 125 Å². The molecular formula is C18H21F2N. The second-order valence-corrected chi connectivity index (χ2v) is 5.06. The Morgan fingerprint density at radius 2 is 2.05 bits per heavy atom. The van der Waals surface area contributed by atoms with Crippen LogP contribution in [0, 0.1) is 0 Å². The van der Waals surface area contributed by atoms with E-state index in [1.54, 1.807) is 12.2 Å². The Bertz CT molecular complexity index is 583. The molecule has 21 heavy (non-hydrogen) atoms. The predicted octanol–water partition coefficient (Wildman–Crippen LogP) is 4.85. The molecule has 1 aliphatic heterocycles. The molecule has 0 aliphatic carbocycles. The molecule has 112 valence electrons. The van der Waals surface area contributed by atoms with Gasteiger partial charge >= 0.3 is 0 Å². The van der Waals surface area contributed by atoms with Gasteiger partial charge in [-0.05, 0) is 41.7 Å². The van der Waals surface area contributed by atoms with E-state index in [1.165, 1.54) is 11.1 Å². The van der Waals surface area contributed by atoms with Crippen molar-refractivity contribution in [3.63, 3.8) is 0 Å². The number of hydrogen-bond acceptors (Lipinski definition) is 1. The molecule has 0 unspecified atom stereocenters. The number of halogens is 2. The Morgan fingerprint density at radius 1 is 1.29 bits per heavy atom. The predicted molar refractivity (Wildman–Crippen MR) is 84.2 cm³/mol. The Balaban J connectivity index is 2.48. The van der Waals surface area contributed by atoms with E-state index in [1.807, 2.05) is 44.2 Å². The van der Waals surface area contributed by atoms with Gasteiger partial charge in [-0.1, -0.05) is 43.4 Å². The summed E-state index contributed by atoms with van der Waals surface area (Å²) in [5.41, 5.74) is 4.03. The number of fused-ring (bicyclic) bond motifs is 1. The van der Waals surface area contributed by atoms with E-state index in [-0.39, 0.29) is 5.57 Å². The molecule has 0 fully saturated rings. The number of rotatable bonds is 5. The maximum absolute atomic E-state index is 13.4. The van der Waals surface area contributed by atoms with Gasteiger partial charge < -0.3 is 5.32 Å². The molecule has 2 rings (SSSR count). The van der Waals surface area contributed by atoms with E-state index < -0.39 is 6.43 Å². The van der Waals surface area contributed by atoms with Gasteiger partial charge in [-0.15, -0.1) is 0 Å². The van der Waals surface area contributed by atoms with Crippen LogP contribution in [0.3, 0.4) is 0 Å². The lowest BCUT2D eigenvalue weighted by Crippen LogP contribution is -2.02. The van der Waals surface area contributed by atoms with Crippen LogP contribution in [0.25, 0.3) is 5.57 Å². The van der Waals surface area contributed by atoms with Crippen LogP contribution in [0.4, 0.5) is 8.78 Å². The summed E-state index contributed by atoms with van der Waals surface area (Å²) in [5.74, 6) is 0. The van der Waals surface area contributed by atoms with Crippen LogP contribution in [-0.2, 0) is 13.1 Å². The largest absolute Gasteiger partial charge is 0.309 e. The van der Waals surface area contributed by atoms with Crippen LogP contribution in [0.1, 0.15) is 37.0 Å². The SMILES string of the molecule is C\C=C/C=C(\C(=C\CC)C(F)F)c1ccc2c(c1)CNC2. The third-order valence-corrected chi connectivity index (χ3v) is 3.57. The van der Waals surface area contributed by atoms with Gasteiger partial charge in [0.15, 0.2) is 0 Å². The van der Waals surface area contributed by atoms with Crippen LogP contribution in [0.5, 0.6) is 0 Å². The van der Waals surface area contributed by atoms with E-state index in [4.69, 9.17) is 0 Å². The molecule has 0 saturated carbocycles. The summed E-state index contributed by atoms with van der Waals surface area (Å²) in [4.78, 5) is 0. The summed E-state index contributed by atoms with van der Waals surface area (Å²) in [6.07, 6.45) is 5.19. The maximum atomic E-state index is 13.4. The lowest BCUT2D eigenvalue weighted by molar-refractivity contribution is 0.195. The standard InChI is InChI=1S/C18H21F2N/c1-3-5-7-16(17(6-4-2)18(19)20)13-8-9-14-11-21-12-15(14)10-13/h3,5-10,18,21H,4,11-12H2,1-2H3/b5-3-,16-7-,17-6-. The van der Waals surface area contributed by atoms with Gasteiger partial charge in [0.05, 0.1) is 0 Å². The first-order valence-electron chi connectivity index (χ1n) is 7.31. The lowest BCUT2D eigenvalue weighted by Gasteiger charge is -2.13. The zero-order chi connectivity index (χ0) is 15.2. The molecule has 1 N–H and O–H groups in total. The molecule has 3 heteroatoms. The van der Waals surface area contributed by atoms with Gasteiger partial charge in [-0.2, -0.15) is 0 Å². The first-order valence-corrected chi connectivity index (χ1v) is 7.31. The summed E-state index contributed by atoms with van der Waals surface area (Å²) >= 11 is 0. The summed E-state index contributed by atoms with van der Waals surface area (Å²) < 4.78 is 26.8. The van der Waals surface area contributed by atoms with Crippen molar-refractivity contribution < 1.29 is 8.78 Å². The first-order chi connectivity index (χ1) is 10.2. The van der Waals surface area contributed by atoms with Crippen molar-refractivity contribution in [3.8, 4) is 0 Å². The molecule has 1 nitrogen and oxygen atoms in total. The summed E-state index contributed by atoms with van der Waals surface area (Å²) in [6.45, 7) is 5.42. The third kappa shape index (κ3) is 3.67. The molecule has 0 saturated heterocycles. The normalized spacial score (nSPS) is 16.0. The molecule has 0 atom stereocenters. The molecule has 0 radical (unpaired) electrons. The van der Waals surface area contributed by atoms with E-state index in [0.29, 0.717) is 12.0 Å². The minimum atomic E-state index is -2.46. The summed E-state index contributed by atoms with van der Waals surface area (Å²) in [6, 6.07) is 5.99. The lowest BCUT2D eigenvalue weighted by atomic mass is 9.94. The van der Waals surface area contributed by atoms with E-state index in [2.05, 4.69) is 5.32 Å². The number of nitrogens with one attached hydrogen (secondary N) is 1. The molecule has 0 spiro atoms. The number of allylic oxidation sites excluding steroid dienone is 6.